The third kappa shape index (κ3) is 2.09. The van der Waals surface area contributed by atoms with E-state index in [1.54, 1.807) is 18.2 Å². The molecule has 0 aliphatic carbocycles. The van der Waals surface area contributed by atoms with Crippen molar-refractivity contribution < 1.29 is 4.39 Å². The number of nitrogens with zero attached hydrogens (tertiary/aromatic N) is 4. The van der Waals surface area contributed by atoms with Gasteiger partial charge in [-0.3, -0.25) is 0 Å². The van der Waals surface area contributed by atoms with Gasteiger partial charge in [-0.15, -0.1) is 0 Å². The summed E-state index contributed by atoms with van der Waals surface area (Å²) in [7, 11) is 0. The summed E-state index contributed by atoms with van der Waals surface area (Å²) in [6.45, 7) is 0.676. The van der Waals surface area contributed by atoms with Crippen molar-refractivity contribution in [3.63, 3.8) is 0 Å². The highest BCUT2D eigenvalue weighted by Gasteiger charge is 2.25. The number of pyridine rings is 1. The van der Waals surface area contributed by atoms with E-state index in [2.05, 4.69) is 15.0 Å². The van der Waals surface area contributed by atoms with Gasteiger partial charge >= 0.3 is 0 Å². The van der Waals surface area contributed by atoms with E-state index in [0.717, 1.165) is 17.7 Å². The first kappa shape index (κ1) is 13.7. The summed E-state index contributed by atoms with van der Waals surface area (Å²) in [5, 5.41) is 0.468. The van der Waals surface area contributed by atoms with Gasteiger partial charge in [-0.1, -0.05) is 23.2 Å². The molecule has 1 aliphatic heterocycles. The first-order valence-corrected chi connectivity index (χ1v) is 7.42. The molecular formula is C15H9Cl2FN4. The molecule has 2 aromatic heterocycles. The molecule has 0 spiro atoms. The summed E-state index contributed by atoms with van der Waals surface area (Å²) in [5.41, 5.74) is 3.06. The zero-order valence-corrected chi connectivity index (χ0v) is 12.7. The summed E-state index contributed by atoms with van der Waals surface area (Å²) in [6, 6.07) is 6.58. The first-order valence-electron chi connectivity index (χ1n) is 6.66. The fourth-order valence-electron chi connectivity index (χ4n) is 2.70. The Hall–Kier alpha value is -1.98. The average Bonchev–Trinajstić information content (AvgIpc) is 2.90. The Balaban J connectivity index is 1.92. The molecule has 3 heterocycles. The second kappa shape index (κ2) is 5.04. The molecule has 3 aromatic rings. The Morgan fingerprint density at radius 3 is 2.86 bits per heavy atom. The monoisotopic (exact) mass is 334 g/mol. The fourth-order valence-corrected chi connectivity index (χ4v) is 3.01. The standard InChI is InChI=1S/C15H9Cl2FN4/c16-9-6-12-8(5-10(9)18)3-4-22(12)15-14-11(19-7-20-15)1-2-13(17)21-14/h1-2,5-7H,3-4H2. The second-order valence-electron chi connectivity index (χ2n) is 5.00. The van der Waals surface area contributed by atoms with Crippen LogP contribution in [0.15, 0.2) is 30.6 Å². The van der Waals surface area contributed by atoms with Crippen LogP contribution in [-0.2, 0) is 6.42 Å². The van der Waals surface area contributed by atoms with Gasteiger partial charge in [-0.25, -0.2) is 19.3 Å². The number of hydrogen-bond acceptors (Lipinski definition) is 4. The maximum atomic E-state index is 13.6. The van der Waals surface area contributed by atoms with Gasteiger partial charge in [-0.05, 0) is 36.2 Å². The summed E-state index contributed by atoms with van der Waals surface area (Å²) < 4.78 is 13.6. The molecule has 0 saturated carbocycles. The van der Waals surface area contributed by atoms with E-state index in [0.29, 0.717) is 28.5 Å². The summed E-state index contributed by atoms with van der Waals surface area (Å²) in [5.74, 6) is 0.241. The first-order chi connectivity index (χ1) is 10.6. The van der Waals surface area contributed by atoms with E-state index in [9.17, 15) is 4.39 Å². The van der Waals surface area contributed by atoms with E-state index in [1.807, 2.05) is 4.90 Å². The molecule has 0 N–H and O–H groups in total. The Morgan fingerprint density at radius 1 is 1.14 bits per heavy atom. The molecular weight excluding hydrogens is 326 g/mol. The van der Waals surface area contributed by atoms with E-state index < -0.39 is 5.82 Å². The van der Waals surface area contributed by atoms with E-state index in [1.165, 1.54) is 12.4 Å². The van der Waals surface area contributed by atoms with Crippen molar-refractivity contribution in [1.82, 2.24) is 15.0 Å². The molecule has 1 aromatic carbocycles. The Labute approximate surface area is 135 Å². The number of rotatable bonds is 1. The summed E-state index contributed by atoms with van der Waals surface area (Å²) in [6.07, 6.45) is 2.20. The van der Waals surface area contributed by atoms with E-state index in [-0.39, 0.29) is 5.02 Å². The van der Waals surface area contributed by atoms with E-state index >= 15 is 0 Å². The van der Waals surface area contributed by atoms with Gasteiger partial charge in [0.2, 0.25) is 0 Å². The molecule has 0 radical (unpaired) electrons. The van der Waals surface area contributed by atoms with Crippen molar-refractivity contribution in [2.75, 3.05) is 11.4 Å². The largest absolute Gasteiger partial charge is 0.324 e. The Bertz CT molecular complexity index is 900. The molecule has 110 valence electrons. The van der Waals surface area contributed by atoms with Crippen LogP contribution in [0.5, 0.6) is 0 Å². The molecule has 1 aliphatic rings. The topological polar surface area (TPSA) is 41.9 Å². The van der Waals surface area contributed by atoms with Crippen molar-refractivity contribution in [3.05, 3.63) is 52.1 Å². The van der Waals surface area contributed by atoms with Crippen molar-refractivity contribution in [1.29, 1.82) is 0 Å². The minimum Gasteiger partial charge on any atom is -0.324 e. The minimum atomic E-state index is -0.406. The number of halogens is 3. The van der Waals surface area contributed by atoms with Gasteiger partial charge in [-0.2, -0.15) is 0 Å². The van der Waals surface area contributed by atoms with Crippen LogP contribution in [0.25, 0.3) is 11.0 Å². The van der Waals surface area contributed by atoms with Crippen LogP contribution in [-0.4, -0.2) is 21.5 Å². The predicted octanol–water partition coefficient (Wildman–Crippen LogP) is 4.16. The fraction of sp³-hybridized carbons (Fsp3) is 0.133. The normalized spacial score (nSPS) is 13.7. The average molecular weight is 335 g/mol. The number of anilines is 2. The van der Waals surface area contributed by atoms with Crippen LogP contribution >= 0.6 is 23.2 Å². The highest BCUT2D eigenvalue weighted by atomic mass is 35.5. The molecule has 22 heavy (non-hydrogen) atoms. The van der Waals surface area contributed by atoms with Crippen LogP contribution in [0.1, 0.15) is 5.56 Å². The lowest BCUT2D eigenvalue weighted by Crippen LogP contribution is -2.16. The lowest BCUT2D eigenvalue weighted by atomic mass is 10.1. The van der Waals surface area contributed by atoms with E-state index in [4.69, 9.17) is 23.2 Å². The highest BCUT2D eigenvalue weighted by molar-refractivity contribution is 6.31. The zero-order chi connectivity index (χ0) is 15.3. The third-order valence-corrected chi connectivity index (χ3v) is 4.20. The molecule has 4 rings (SSSR count). The molecule has 7 heteroatoms. The van der Waals surface area contributed by atoms with Gasteiger partial charge in [0.1, 0.15) is 22.8 Å². The number of aromatic nitrogens is 3. The minimum absolute atomic E-state index is 0.0926. The summed E-state index contributed by atoms with van der Waals surface area (Å²) in [4.78, 5) is 14.8. The zero-order valence-electron chi connectivity index (χ0n) is 11.2. The summed E-state index contributed by atoms with van der Waals surface area (Å²) >= 11 is 11.9. The van der Waals surface area contributed by atoms with Crippen LogP contribution in [0.4, 0.5) is 15.9 Å². The highest BCUT2D eigenvalue weighted by Crippen LogP contribution is 2.38. The van der Waals surface area contributed by atoms with Crippen molar-refractivity contribution in [2.24, 2.45) is 0 Å². The van der Waals surface area contributed by atoms with Gasteiger partial charge in [0.05, 0.1) is 10.5 Å². The predicted molar refractivity (Wildman–Crippen MR) is 84.5 cm³/mol. The smallest absolute Gasteiger partial charge is 0.163 e. The maximum absolute atomic E-state index is 13.6. The lowest BCUT2D eigenvalue weighted by Gasteiger charge is -2.19. The molecule has 0 saturated heterocycles. The Kier molecular flexibility index (Phi) is 3.13. The molecule has 0 amide bonds. The molecule has 0 unspecified atom stereocenters. The quantitative estimate of drug-likeness (QED) is 0.626. The second-order valence-corrected chi connectivity index (χ2v) is 5.79. The van der Waals surface area contributed by atoms with Crippen molar-refractivity contribution >= 4 is 45.7 Å². The molecule has 4 nitrogen and oxygen atoms in total. The van der Waals surface area contributed by atoms with Gasteiger partial charge in [0.15, 0.2) is 5.82 Å². The van der Waals surface area contributed by atoms with Crippen LogP contribution in [0.2, 0.25) is 10.2 Å². The molecule has 0 atom stereocenters. The molecule has 0 fully saturated rings. The number of fused-ring (bicyclic) bond motifs is 2. The van der Waals surface area contributed by atoms with Crippen LogP contribution in [0.3, 0.4) is 0 Å². The Morgan fingerprint density at radius 2 is 2.00 bits per heavy atom. The van der Waals surface area contributed by atoms with Crippen molar-refractivity contribution in [3.8, 4) is 0 Å². The van der Waals surface area contributed by atoms with Gasteiger partial charge < -0.3 is 4.90 Å². The number of benzene rings is 1. The van der Waals surface area contributed by atoms with Crippen molar-refractivity contribution in [2.45, 2.75) is 6.42 Å². The van der Waals surface area contributed by atoms with Crippen LogP contribution < -0.4 is 4.90 Å². The molecule has 0 bridgehead atoms. The van der Waals surface area contributed by atoms with Crippen LogP contribution in [0, 0.1) is 5.82 Å². The number of hydrogen-bond donors (Lipinski definition) is 0. The third-order valence-electron chi connectivity index (χ3n) is 3.70. The SMILES string of the molecule is Fc1cc2c(cc1Cl)N(c1ncnc3ccc(Cl)nc13)CC2. The maximum Gasteiger partial charge on any atom is 0.163 e. The lowest BCUT2D eigenvalue weighted by molar-refractivity contribution is 0.627. The van der Waals surface area contributed by atoms with Gasteiger partial charge in [0.25, 0.3) is 0 Å². The van der Waals surface area contributed by atoms with Gasteiger partial charge in [0, 0.05) is 12.2 Å².